The van der Waals surface area contributed by atoms with Crippen molar-refractivity contribution in [1.29, 1.82) is 0 Å². The summed E-state index contributed by atoms with van der Waals surface area (Å²) in [5, 5.41) is 5.29. The predicted octanol–water partition coefficient (Wildman–Crippen LogP) is 3.55. The maximum Gasteiger partial charge on any atom is 0.213 e. The third-order valence-electron chi connectivity index (χ3n) is 5.73. The summed E-state index contributed by atoms with van der Waals surface area (Å²) in [4.78, 5) is 10.9. The highest BCUT2D eigenvalue weighted by Gasteiger charge is 2.17. The van der Waals surface area contributed by atoms with Gasteiger partial charge in [-0.3, -0.25) is 0 Å². The number of nitrogens with zero attached hydrogens (tertiary/aromatic N) is 3. The molecule has 7 nitrogen and oxygen atoms in total. The Morgan fingerprint density at radius 1 is 1.13 bits per heavy atom. The number of fused-ring (bicyclic) bond motifs is 1. The van der Waals surface area contributed by atoms with E-state index in [1.165, 1.54) is 12.8 Å². The van der Waals surface area contributed by atoms with E-state index >= 15 is 0 Å². The van der Waals surface area contributed by atoms with Crippen LogP contribution in [0, 0.1) is 5.92 Å². The number of anilines is 2. The molecule has 0 amide bonds. The van der Waals surface area contributed by atoms with Gasteiger partial charge in [0, 0.05) is 36.1 Å². The first kappa shape index (κ1) is 20.2. The fraction of sp³-hybridized carbons (Fsp3) is 0.391. The van der Waals surface area contributed by atoms with Gasteiger partial charge in [0.1, 0.15) is 11.6 Å². The number of rotatable bonds is 7. The van der Waals surface area contributed by atoms with Gasteiger partial charge in [0.2, 0.25) is 5.88 Å². The lowest BCUT2D eigenvalue weighted by Gasteiger charge is -2.28. The van der Waals surface area contributed by atoms with Crippen molar-refractivity contribution in [2.24, 2.45) is 5.92 Å². The summed E-state index contributed by atoms with van der Waals surface area (Å²) in [5.41, 5.74) is 8.17. The molecule has 7 heteroatoms. The minimum absolute atomic E-state index is 0.460. The van der Waals surface area contributed by atoms with Crippen molar-refractivity contribution in [3.05, 3.63) is 48.3 Å². The zero-order valence-electron chi connectivity index (χ0n) is 17.6. The first-order chi connectivity index (χ1) is 14.6. The number of nitrogens with two attached hydrogens (primary N) is 1. The van der Waals surface area contributed by atoms with E-state index in [-0.39, 0.29) is 0 Å². The van der Waals surface area contributed by atoms with Gasteiger partial charge in [-0.1, -0.05) is 0 Å². The lowest BCUT2D eigenvalue weighted by Crippen LogP contribution is -2.32. The number of nitrogens with one attached hydrogen (secondary N) is 1. The molecule has 0 aliphatic carbocycles. The Hall–Kier alpha value is -3.06. The number of benzene rings is 1. The fourth-order valence-electron chi connectivity index (χ4n) is 3.89. The van der Waals surface area contributed by atoms with Crippen LogP contribution in [0.25, 0.3) is 10.8 Å². The second kappa shape index (κ2) is 9.17. The standard InChI is InChI=1S/C23H29N5O2/c1-28-11-7-16(8-12-28)15-30-21-13-17(5-9-25-21)14-27-19-3-4-20(29-2)22-18(19)6-10-26-23(22)24/h3-6,9-10,13,16,27H,7-8,11-12,14-15H2,1-2H3,(H2,24,26). The Morgan fingerprint density at radius 3 is 2.73 bits per heavy atom. The number of pyridine rings is 2. The Kier molecular flexibility index (Phi) is 6.18. The third-order valence-corrected chi connectivity index (χ3v) is 5.73. The van der Waals surface area contributed by atoms with Crippen LogP contribution in [0.3, 0.4) is 0 Å². The zero-order valence-corrected chi connectivity index (χ0v) is 17.6. The van der Waals surface area contributed by atoms with E-state index in [0.29, 0.717) is 24.2 Å². The second-order valence-corrected chi connectivity index (χ2v) is 7.85. The smallest absolute Gasteiger partial charge is 0.213 e. The van der Waals surface area contributed by atoms with Crippen LogP contribution in [0.1, 0.15) is 18.4 Å². The van der Waals surface area contributed by atoms with E-state index in [9.17, 15) is 0 Å². The van der Waals surface area contributed by atoms with Crippen LogP contribution in [0.4, 0.5) is 11.5 Å². The normalized spacial score (nSPS) is 15.3. The largest absolute Gasteiger partial charge is 0.496 e. The average molecular weight is 408 g/mol. The molecule has 1 saturated heterocycles. The number of aromatic nitrogens is 2. The van der Waals surface area contributed by atoms with Crippen LogP contribution in [-0.4, -0.2) is 48.7 Å². The molecule has 4 rings (SSSR count). The molecule has 3 aromatic rings. The molecule has 1 aliphatic heterocycles. The van der Waals surface area contributed by atoms with Crippen molar-refractivity contribution in [1.82, 2.24) is 14.9 Å². The van der Waals surface area contributed by atoms with E-state index in [1.807, 2.05) is 30.3 Å². The Bertz CT molecular complexity index is 1000. The maximum absolute atomic E-state index is 6.08. The van der Waals surface area contributed by atoms with Crippen molar-refractivity contribution in [2.45, 2.75) is 19.4 Å². The van der Waals surface area contributed by atoms with Gasteiger partial charge >= 0.3 is 0 Å². The molecular weight excluding hydrogens is 378 g/mol. The van der Waals surface area contributed by atoms with Gasteiger partial charge in [0.15, 0.2) is 0 Å². The van der Waals surface area contributed by atoms with Crippen LogP contribution < -0.4 is 20.5 Å². The van der Waals surface area contributed by atoms with Gasteiger partial charge in [-0.25, -0.2) is 9.97 Å². The summed E-state index contributed by atoms with van der Waals surface area (Å²) >= 11 is 0. The predicted molar refractivity (Wildman–Crippen MR) is 120 cm³/mol. The Labute approximate surface area is 177 Å². The number of likely N-dealkylation sites (tertiary alicyclic amines) is 1. The highest BCUT2D eigenvalue weighted by atomic mass is 16.5. The monoisotopic (exact) mass is 407 g/mol. The number of hydrogen-bond acceptors (Lipinski definition) is 7. The minimum atomic E-state index is 0.460. The molecule has 3 N–H and O–H groups in total. The molecule has 3 heterocycles. The topological polar surface area (TPSA) is 85.5 Å². The summed E-state index contributed by atoms with van der Waals surface area (Å²) in [5.74, 6) is 2.46. The molecule has 30 heavy (non-hydrogen) atoms. The van der Waals surface area contributed by atoms with Crippen LogP contribution >= 0.6 is 0 Å². The van der Waals surface area contributed by atoms with E-state index in [1.54, 1.807) is 19.5 Å². The van der Waals surface area contributed by atoms with Crippen LogP contribution in [0.2, 0.25) is 0 Å². The summed E-state index contributed by atoms with van der Waals surface area (Å²) in [6, 6.07) is 9.85. The first-order valence-corrected chi connectivity index (χ1v) is 10.4. The van der Waals surface area contributed by atoms with Gasteiger partial charge in [0.05, 0.1) is 19.1 Å². The minimum Gasteiger partial charge on any atom is -0.496 e. The molecule has 1 fully saturated rings. The number of nitrogen functional groups attached to an aromatic ring is 1. The van der Waals surface area contributed by atoms with Crippen molar-refractivity contribution < 1.29 is 9.47 Å². The van der Waals surface area contributed by atoms with Gasteiger partial charge in [0.25, 0.3) is 0 Å². The summed E-state index contributed by atoms with van der Waals surface area (Å²) in [6.07, 6.45) is 5.87. The maximum atomic E-state index is 6.08. The zero-order chi connectivity index (χ0) is 20.9. The molecule has 158 valence electrons. The first-order valence-electron chi connectivity index (χ1n) is 10.4. The number of ether oxygens (including phenoxy) is 2. The third kappa shape index (κ3) is 4.57. The SMILES string of the molecule is COc1ccc(NCc2ccnc(OCC3CCN(C)CC3)c2)c2ccnc(N)c12. The van der Waals surface area contributed by atoms with Crippen molar-refractivity contribution in [3.8, 4) is 11.6 Å². The van der Waals surface area contributed by atoms with E-state index in [0.717, 1.165) is 47.5 Å². The number of piperidine rings is 1. The molecule has 0 spiro atoms. The highest BCUT2D eigenvalue weighted by molar-refractivity contribution is 6.03. The molecule has 0 saturated carbocycles. The molecule has 1 aliphatic rings. The van der Waals surface area contributed by atoms with E-state index < -0.39 is 0 Å². The lowest BCUT2D eigenvalue weighted by atomic mass is 9.98. The van der Waals surface area contributed by atoms with Crippen molar-refractivity contribution in [2.75, 3.05) is 44.9 Å². The fourth-order valence-corrected chi connectivity index (χ4v) is 3.89. The van der Waals surface area contributed by atoms with Crippen LogP contribution in [-0.2, 0) is 6.54 Å². The van der Waals surface area contributed by atoms with E-state index in [2.05, 4.69) is 27.2 Å². The van der Waals surface area contributed by atoms with Crippen LogP contribution in [0.5, 0.6) is 11.6 Å². The Morgan fingerprint density at radius 2 is 1.93 bits per heavy atom. The Balaban J connectivity index is 1.42. The molecular formula is C23H29N5O2. The number of methoxy groups -OCH3 is 1. The summed E-state index contributed by atoms with van der Waals surface area (Å²) < 4.78 is 11.4. The molecule has 2 aromatic heterocycles. The van der Waals surface area contributed by atoms with Crippen LogP contribution in [0.15, 0.2) is 42.7 Å². The molecule has 0 atom stereocenters. The lowest BCUT2D eigenvalue weighted by molar-refractivity contribution is 0.157. The van der Waals surface area contributed by atoms with Gasteiger partial charge in [-0.2, -0.15) is 0 Å². The average Bonchev–Trinajstić information content (AvgIpc) is 2.77. The van der Waals surface area contributed by atoms with Gasteiger partial charge in [-0.05, 0) is 68.7 Å². The van der Waals surface area contributed by atoms with Gasteiger partial charge in [-0.15, -0.1) is 0 Å². The van der Waals surface area contributed by atoms with Crippen molar-refractivity contribution >= 4 is 22.3 Å². The molecule has 1 aromatic carbocycles. The van der Waals surface area contributed by atoms with Crippen molar-refractivity contribution in [3.63, 3.8) is 0 Å². The summed E-state index contributed by atoms with van der Waals surface area (Å²) in [6.45, 7) is 3.66. The molecule has 0 bridgehead atoms. The highest BCUT2D eigenvalue weighted by Crippen LogP contribution is 2.34. The molecule has 0 radical (unpaired) electrons. The summed E-state index contributed by atoms with van der Waals surface area (Å²) in [7, 11) is 3.81. The quantitative estimate of drug-likeness (QED) is 0.619. The van der Waals surface area contributed by atoms with E-state index in [4.69, 9.17) is 15.2 Å². The number of hydrogen-bond donors (Lipinski definition) is 2. The van der Waals surface area contributed by atoms with Gasteiger partial charge < -0.3 is 25.4 Å². The second-order valence-electron chi connectivity index (χ2n) is 7.85. The molecule has 0 unspecified atom stereocenters.